The van der Waals surface area contributed by atoms with Crippen molar-refractivity contribution in [3.63, 3.8) is 0 Å². The SMILES string of the molecule is CC1CCCC(CCn2c(N)nc3ccc(F)cc32)C1. The third-order valence-corrected chi connectivity index (χ3v) is 4.55. The van der Waals surface area contributed by atoms with Crippen LogP contribution >= 0.6 is 0 Å². The molecule has 1 heterocycles. The monoisotopic (exact) mass is 275 g/mol. The number of nitrogen functional groups attached to an aromatic ring is 1. The Morgan fingerprint density at radius 2 is 2.25 bits per heavy atom. The number of fused-ring (bicyclic) bond motifs is 1. The van der Waals surface area contributed by atoms with Gasteiger partial charge in [0.1, 0.15) is 5.82 Å². The van der Waals surface area contributed by atoms with Crippen molar-refractivity contribution in [2.45, 2.75) is 45.6 Å². The van der Waals surface area contributed by atoms with Gasteiger partial charge in [0.25, 0.3) is 0 Å². The second kappa shape index (κ2) is 5.43. The third kappa shape index (κ3) is 2.65. The van der Waals surface area contributed by atoms with E-state index in [2.05, 4.69) is 11.9 Å². The van der Waals surface area contributed by atoms with E-state index in [0.717, 1.165) is 35.8 Å². The standard InChI is InChI=1S/C16H22FN3/c1-11-3-2-4-12(9-11)7-8-20-15-10-13(17)5-6-14(15)19-16(20)18/h5-6,10-12H,2-4,7-9H2,1H3,(H2,18,19). The predicted molar refractivity (Wildman–Crippen MR) is 79.8 cm³/mol. The minimum atomic E-state index is -0.232. The van der Waals surface area contributed by atoms with Gasteiger partial charge in [-0.3, -0.25) is 0 Å². The zero-order valence-electron chi connectivity index (χ0n) is 12.0. The highest BCUT2D eigenvalue weighted by Crippen LogP contribution is 2.31. The molecule has 1 aliphatic carbocycles. The molecular formula is C16H22FN3. The van der Waals surface area contributed by atoms with Gasteiger partial charge >= 0.3 is 0 Å². The number of nitrogens with zero attached hydrogens (tertiary/aromatic N) is 2. The first-order valence-electron chi connectivity index (χ1n) is 7.54. The van der Waals surface area contributed by atoms with Gasteiger partial charge in [-0.05, 0) is 42.9 Å². The van der Waals surface area contributed by atoms with Gasteiger partial charge in [-0.25, -0.2) is 9.37 Å². The van der Waals surface area contributed by atoms with E-state index in [1.54, 1.807) is 6.07 Å². The lowest BCUT2D eigenvalue weighted by Crippen LogP contribution is -2.16. The Morgan fingerprint density at radius 1 is 1.40 bits per heavy atom. The molecule has 0 bridgehead atoms. The minimum absolute atomic E-state index is 0.232. The second-order valence-corrected chi connectivity index (χ2v) is 6.18. The van der Waals surface area contributed by atoms with Crippen LogP contribution in [-0.4, -0.2) is 9.55 Å². The van der Waals surface area contributed by atoms with E-state index in [9.17, 15) is 4.39 Å². The molecule has 1 aromatic carbocycles. The number of rotatable bonds is 3. The molecule has 0 aliphatic heterocycles. The molecular weight excluding hydrogens is 253 g/mol. The average Bonchev–Trinajstić information content (AvgIpc) is 2.72. The molecule has 0 saturated heterocycles. The summed E-state index contributed by atoms with van der Waals surface area (Å²) < 4.78 is 15.3. The summed E-state index contributed by atoms with van der Waals surface area (Å²) in [6, 6.07) is 4.66. The van der Waals surface area contributed by atoms with Gasteiger partial charge in [-0.2, -0.15) is 0 Å². The van der Waals surface area contributed by atoms with Crippen molar-refractivity contribution in [2.24, 2.45) is 11.8 Å². The second-order valence-electron chi connectivity index (χ2n) is 6.18. The maximum Gasteiger partial charge on any atom is 0.201 e. The van der Waals surface area contributed by atoms with Crippen molar-refractivity contribution >= 4 is 17.0 Å². The van der Waals surface area contributed by atoms with Crippen LogP contribution < -0.4 is 5.73 Å². The summed E-state index contributed by atoms with van der Waals surface area (Å²) in [6.45, 7) is 3.17. The van der Waals surface area contributed by atoms with Gasteiger partial charge in [-0.1, -0.05) is 26.2 Å². The maximum absolute atomic E-state index is 13.4. The van der Waals surface area contributed by atoms with Crippen molar-refractivity contribution in [3.05, 3.63) is 24.0 Å². The highest BCUT2D eigenvalue weighted by molar-refractivity contribution is 5.78. The van der Waals surface area contributed by atoms with Crippen LogP contribution in [0.5, 0.6) is 0 Å². The third-order valence-electron chi connectivity index (χ3n) is 4.55. The number of imidazole rings is 1. The van der Waals surface area contributed by atoms with Crippen molar-refractivity contribution < 1.29 is 4.39 Å². The Kier molecular flexibility index (Phi) is 3.64. The zero-order chi connectivity index (χ0) is 14.1. The fraction of sp³-hybridized carbons (Fsp3) is 0.562. The lowest BCUT2D eigenvalue weighted by atomic mass is 9.81. The highest BCUT2D eigenvalue weighted by Gasteiger charge is 2.19. The normalized spacial score (nSPS) is 23.3. The molecule has 0 radical (unpaired) electrons. The molecule has 2 atom stereocenters. The molecule has 1 aromatic heterocycles. The molecule has 1 aliphatic rings. The maximum atomic E-state index is 13.4. The van der Waals surface area contributed by atoms with Crippen LogP contribution in [-0.2, 0) is 6.54 Å². The Labute approximate surface area is 119 Å². The smallest absolute Gasteiger partial charge is 0.201 e. The van der Waals surface area contributed by atoms with Crippen molar-refractivity contribution in [3.8, 4) is 0 Å². The first-order valence-corrected chi connectivity index (χ1v) is 7.54. The number of hydrogen-bond acceptors (Lipinski definition) is 2. The van der Waals surface area contributed by atoms with E-state index in [4.69, 9.17) is 5.73 Å². The summed E-state index contributed by atoms with van der Waals surface area (Å²) in [7, 11) is 0. The van der Waals surface area contributed by atoms with E-state index >= 15 is 0 Å². The van der Waals surface area contributed by atoms with Gasteiger partial charge in [0.05, 0.1) is 11.0 Å². The van der Waals surface area contributed by atoms with E-state index in [1.165, 1.54) is 37.8 Å². The summed E-state index contributed by atoms with van der Waals surface area (Å²) in [5, 5.41) is 0. The van der Waals surface area contributed by atoms with Crippen molar-refractivity contribution in [1.82, 2.24) is 9.55 Å². The molecule has 1 fully saturated rings. The number of aryl methyl sites for hydroxylation is 1. The predicted octanol–water partition coefficient (Wildman–Crippen LogP) is 3.97. The van der Waals surface area contributed by atoms with Gasteiger partial charge in [0, 0.05) is 6.54 Å². The summed E-state index contributed by atoms with van der Waals surface area (Å²) in [5.41, 5.74) is 7.57. The minimum Gasteiger partial charge on any atom is -0.369 e. The van der Waals surface area contributed by atoms with Crippen LogP contribution in [0.15, 0.2) is 18.2 Å². The van der Waals surface area contributed by atoms with Gasteiger partial charge in [-0.15, -0.1) is 0 Å². The van der Waals surface area contributed by atoms with Gasteiger partial charge < -0.3 is 10.3 Å². The van der Waals surface area contributed by atoms with Crippen LogP contribution in [0.2, 0.25) is 0 Å². The average molecular weight is 275 g/mol. The number of halogens is 1. The largest absolute Gasteiger partial charge is 0.369 e. The van der Waals surface area contributed by atoms with E-state index in [0.29, 0.717) is 5.95 Å². The number of hydrogen-bond donors (Lipinski definition) is 1. The topological polar surface area (TPSA) is 43.8 Å². The number of aromatic nitrogens is 2. The number of nitrogens with two attached hydrogens (primary N) is 1. The first-order chi connectivity index (χ1) is 9.63. The molecule has 0 spiro atoms. The summed E-state index contributed by atoms with van der Waals surface area (Å²) in [5.74, 6) is 1.87. The first kappa shape index (κ1) is 13.4. The van der Waals surface area contributed by atoms with Crippen LogP contribution in [0.3, 0.4) is 0 Å². The molecule has 2 unspecified atom stereocenters. The zero-order valence-corrected chi connectivity index (χ0v) is 12.0. The lowest BCUT2D eigenvalue weighted by molar-refractivity contribution is 0.262. The molecule has 3 nitrogen and oxygen atoms in total. The van der Waals surface area contributed by atoms with Crippen LogP contribution in [0.1, 0.15) is 39.0 Å². The van der Waals surface area contributed by atoms with Crippen molar-refractivity contribution in [1.29, 1.82) is 0 Å². The van der Waals surface area contributed by atoms with Crippen molar-refractivity contribution in [2.75, 3.05) is 5.73 Å². The van der Waals surface area contributed by atoms with E-state index < -0.39 is 0 Å². The molecule has 1 saturated carbocycles. The van der Waals surface area contributed by atoms with Gasteiger partial charge in [0.2, 0.25) is 5.95 Å². The van der Waals surface area contributed by atoms with Gasteiger partial charge in [0.15, 0.2) is 0 Å². The quantitative estimate of drug-likeness (QED) is 0.921. The Bertz CT molecular complexity index is 605. The Balaban J connectivity index is 1.76. The van der Waals surface area contributed by atoms with Crippen LogP contribution in [0.4, 0.5) is 10.3 Å². The Morgan fingerprint density at radius 3 is 3.05 bits per heavy atom. The fourth-order valence-corrected chi connectivity index (χ4v) is 3.48. The molecule has 3 rings (SSSR count). The van der Waals surface area contributed by atoms with Crippen LogP contribution in [0.25, 0.3) is 11.0 Å². The van der Waals surface area contributed by atoms with Crippen LogP contribution in [0, 0.1) is 17.7 Å². The Hall–Kier alpha value is -1.58. The molecule has 0 amide bonds. The fourth-order valence-electron chi connectivity index (χ4n) is 3.48. The highest BCUT2D eigenvalue weighted by atomic mass is 19.1. The number of anilines is 1. The number of benzene rings is 1. The summed E-state index contributed by atoms with van der Waals surface area (Å²) in [6.07, 6.45) is 6.42. The van der Waals surface area contributed by atoms with E-state index in [-0.39, 0.29) is 5.82 Å². The molecule has 2 N–H and O–H groups in total. The molecule has 20 heavy (non-hydrogen) atoms. The lowest BCUT2D eigenvalue weighted by Gasteiger charge is -2.26. The van der Waals surface area contributed by atoms with E-state index in [1.807, 2.05) is 4.57 Å². The summed E-state index contributed by atoms with van der Waals surface area (Å²) in [4.78, 5) is 4.31. The summed E-state index contributed by atoms with van der Waals surface area (Å²) >= 11 is 0. The molecule has 108 valence electrons. The molecule has 2 aromatic rings. The molecule has 4 heteroatoms.